The standard InChI is InChI=1S/C13H29N3O3S/c1-4-16(11-12-19-5-2)20(17,18)15(3)10-6-9-14-13-7-8-13/h13-14H,4-12H2,1-3H3. The van der Waals surface area contributed by atoms with Crippen LogP contribution < -0.4 is 5.32 Å². The third-order valence-electron chi connectivity index (χ3n) is 3.42. The fraction of sp³-hybridized carbons (Fsp3) is 1.00. The molecule has 0 saturated heterocycles. The molecule has 120 valence electrons. The molecule has 0 aromatic heterocycles. The molecule has 1 aliphatic carbocycles. The first-order valence-corrected chi connectivity index (χ1v) is 8.94. The van der Waals surface area contributed by atoms with E-state index in [0.717, 1.165) is 13.0 Å². The van der Waals surface area contributed by atoms with Gasteiger partial charge >= 0.3 is 0 Å². The number of ether oxygens (including phenoxy) is 1. The molecule has 0 unspecified atom stereocenters. The van der Waals surface area contributed by atoms with Gasteiger partial charge in [-0.1, -0.05) is 6.92 Å². The van der Waals surface area contributed by atoms with Gasteiger partial charge in [0.1, 0.15) is 0 Å². The first-order valence-electron chi connectivity index (χ1n) is 7.54. The highest BCUT2D eigenvalue weighted by molar-refractivity contribution is 7.86. The zero-order valence-corrected chi connectivity index (χ0v) is 13.8. The number of hydrogen-bond donors (Lipinski definition) is 1. The molecule has 0 aliphatic heterocycles. The largest absolute Gasteiger partial charge is 0.380 e. The van der Waals surface area contributed by atoms with E-state index < -0.39 is 10.2 Å². The highest BCUT2D eigenvalue weighted by atomic mass is 32.2. The van der Waals surface area contributed by atoms with E-state index in [-0.39, 0.29) is 0 Å². The zero-order chi connectivity index (χ0) is 15.0. The first kappa shape index (κ1) is 17.8. The van der Waals surface area contributed by atoms with E-state index in [9.17, 15) is 8.42 Å². The van der Waals surface area contributed by atoms with E-state index in [0.29, 0.717) is 38.9 Å². The summed E-state index contributed by atoms with van der Waals surface area (Å²) >= 11 is 0. The first-order chi connectivity index (χ1) is 9.52. The fourth-order valence-electron chi connectivity index (χ4n) is 1.96. The smallest absolute Gasteiger partial charge is 0.281 e. The molecule has 0 aromatic rings. The maximum absolute atomic E-state index is 12.4. The predicted molar refractivity (Wildman–Crippen MR) is 80.9 cm³/mol. The van der Waals surface area contributed by atoms with Crippen molar-refractivity contribution in [2.45, 2.75) is 39.2 Å². The molecule has 0 spiro atoms. The summed E-state index contributed by atoms with van der Waals surface area (Å²) in [5.74, 6) is 0. The van der Waals surface area contributed by atoms with Crippen LogP contribution in [0.3, 0.4) is 0 Å². The summed E-state index contributed by atoms with van der Waals surface area (Å²) in [5.41, 5.74) is 0. The maximum Gasteiger partial charge on any atom is 0.281 e. The van der Waals surface area contributed by atoms with E-state index in [1.807, 2.05) is 13.8 Å². The summed E-state index contributed by atoms with van der Waals surface area (Å²) in [7, 11) is -1.71. The summed E-state index contributed by atoms with van der Waals surface area (Å²) in [6.07, 6.45) is 3.36. The average molecular weight is 307 g/mol. The van der Waals surface area contributed by atoms with Crippen molar-refractivity contribution >= 4 is 10.2 Å². The van der Waals surface area contributed by atoms with Crippen LogP contribution in [0, 0.1) is 0 Å². The van der Waals surface area contributed by atoms with E-state index in [1.54, 1.807) is 7.05 Å². The van der Waals surface area contributed by atoms with Crippen molar-refractivity contribution in [3.05, 3.63) is 0 Å². The van der Waals surface area contributed by atoms with Crippen molar-refractivity contribution in [2.24, 2.45) is 0 Å². The maximum atomic E-state index is 12.4. The lowest BCUT2D eigenvalue weighted by molar-refractivity contribution is 0.134. The van der Waals surface area contributed by atoms with Gasteiger partial charge in [0.2, 0.25) is 0 Å². The third kappa shape index (κ3) is 6.05. The third-order valence-corrected chi connectivity index (χ3v) is 5.49. The molecular formula is C13H29N3O3S. The normalized spacial score (nSPS) is 16.2. The quantitative estimate of drug-likeness (QED) is 0.538. The van der Waals surface area contributed by atoms with Gasteiger partial charge in [0, 0.05) is 39.3 Å². The van der Waals surface area contributed by atoms with Crippen LogP contribution in [-0.4, -0.2) is 69.5 Å². The van der Waals surface area contributed by atoms with E-state index in [2.05, 4.69) is 5.32 Å². The summed E-state index contributed by atoms with van der Waals surface area (Å²) in [5, 5.41) is 3.39. The Kier molecular flexibility index (Phi) is 7.98. The van der Waals surface area contributed by atoms with Crippen molar-refractivity contribution < 1.29 is 13.2 Å². The second-order valence-electron chi connectivity index (χ2n) is 5.10. The lowest BCUT2D eigenvalue weighted by Gasteiger charge is -2.26. The van der Waals surface area contributed by atoms with Gasteiger partial charge in [0.05, 0.1) is 6.61 Å². The van der Waals surface area contributed by atoms with E-state index in [1.165, 1.54) is 21.5 Å². The highest BCUT2D eigenvalue weighted by Crippen LogP contribution is 2.18. The topological polar surface area (TPSA) is 61.9 Å². The van der Waals surface area contributed by atoms with Gasteiger partial charge in [-0.05, 0) is 32.7 Å². The molecule has 1 fully saturated rings. The number of hydrogen-bond acceptors (Lipinski definition) is 4. The van der Waals surface area contributed by atoms with Crippen LogP contribution in [0.5, 0.6) is 0 Å². The number of likely N-dealkylation sites (N-methyl/N-ethyl adjacent to an activating group) is 1. The predicted octanol–water partition coefficient (Wildman–Crippen LogP) is 0.664. The van der Waals surface area contributed by atoms with Crippen LogP contribution in [0.25, 0.3) is 0 Å². The lowest BCUT2D eigenvalue weighted by atomic mass is 10.4. The molecule has 0 atom stereocenters. The molecule has 7 heteroatoms. The van der Waals surface area contributed by atoms with Gasteiger partial charge in [-0.2, -0.15) is 17.0 Å². The minimum atomic E-state index is -3.36. The van der Waals surface area contributed by atoms with Crippen molar-refractivity contribution in [3.8, 4) is 0 Å². The monoisotopic (exact) mass is 307 g/mol. The van der Waals surface area contributed by atoms with Gasteiger partial charge in [0.25, 0.3) is 10.2 Å². The Balaban J connectivity index is 2.33. The Bertz CT molecular complexity index is 358. The van der Waals surface area contributed by atoms with Crippen LogP contribution in [-0.2, 0) is 14.9 Å². The van der Waals surface area contributed by atoms with Crippen molar-refractivity contribution in [1.82, 2.24) is 13.9 Å². The van der Waals surface area contributed by atoms with Crippen molar-refractivity contribution in [3.63, 3.8) is 0 Å². The molecule has 1 aliphatic rings. The molecule has 0 heterocycles. The Hall–Kier alpha value is -0.210. The van der Waals surface area contributed by atoms with Crippen LogP contribution in [0.15, 0.2) is 0 Å². The van der Waals surface area contributed by atoms with Crippen LogP contribution in [0.1, 0.15) is 33.1 Å². The van der Waals surface area contributed by atoms with E-state index >= 15 is 0 Å². The second-order valence-corrected chi connectivity index (χ2v) is 7.14. The Morgan fingerprint density at radius 2 is 1.95 bits per heavy atom. The molecule has 1 saturated carbocycles. The molecule has 6 nitrogen and oxygen atoms in total. The van der Waals surface area contributed by atoms with Crippen LogP contribution >= 0.6 is 0 Å². The molecule has 0 bridgehead atoms. The second kappa shape index (κ2) is 8.94. The average Bonchev–Trinajstić information content (AvgIpc) is 3.23. The number of nitrogens with zero attached hydrogens (tertiary/aromatic N) is 2. The molecule has 1 rings (SSSR count). The van der Waals surface area contributed by atoms with Gasteiger partial charge < -0.3 is 10.1 Å². The minimum Gasteiger partial charge on any atom is -0.380 e. The SMILES string of the molecule is CCOCCN(CC)S(=O)(=O)N(C)CCCNC1CC1. The number of rotatable bonds is 12. The summed E-state index contributed by atoms with van der Waals surface area (Å²) in [4.78, 5) is 0. The molecule has 0 radical (unpaired) electrons. The molecule has 0 amide bonds. The Morgan fingerprint density at radius 1 is 1.25 bits per heavy atom. The Morgan fingerprint density at radius 3 is 2.50 bits per heavy atom. The molecule has 20 heavy (non-hydrogen) atoms. The van der Waals surface area contributed by atoms with Crippen molar-refractivity contribution in [1.29, 1.82) is 0 Å². The van der Waals surface area contributed by atoms with Crippen LogP contribution in [0.4, 0.5) is 0 Å². The van der Waals surface area contributed by atoms with Gasteiger partial charge in [-0.25, -0.2) is 0 Å². The Labute approximate surface area is 123 Å². The molecule has 1 N–H and O–H groups in total. The summed E-state index contributed by atoms with van der Waals surface area (Å²) in [6.45, 7) is 7.14. The summed E-state index contributed by atoms with van der Waals surface area (Å²) < 4.78 is 32.9. The van der Waals surface area contributed by atoms with Crippen LogP contribution in [0.2, 0.25) is 0 Å². The molecule has 0 aromatic carbocycles. The van der Waals surface area contributed by atoms with Gasteiger partial charge in [-0.15, -0.1) is 0 Å². The minimum absolute atomic E-state index is 0.414. The van der Waals surface area contributed by atoms with Crippen molar-refractivity contribution in [2.75, 3.05) is 46.4 Å². The van der Waals surface area contributed by atoms with E-state index in [4.69, 9.17) is 4.74 Å². The van der Waals surface area contributed by atoms with Gasteiger partial charge in [-0.3, -0.25) is 0 Å². The number of nitrogens with one attached hydrogen (secondary N) is 1. The lowest BCUT2D eigenvalue weighted by Crippen LogP contribution is -2.44. The fourth-order valence-corrected chi connectivity index (χ4v) is 3.34. The zero-order valence-electron chi connectivity index (χ0n) is 13.0. The van der Waals surface area contributed by atoms with Gasteiger partial charge in [0.15, 0.2) is 0 Å². The molecular weight excluding hydrogens is 278 g/mol. The highest BCUT2D eigenvalue weighted by Gasteiger charge is 2.25. The summed E-state index contributed by atoms with van der Waals surface area (Å²) in [6, 6.07) is 0.676.